The van der Waals surface area contributed by atoms with Gasteiger partial charge < -0.3 is 29.8 Å². The highest BCUT2D eigenvalue weighted by Crippen LogP contribution is 2.27. The van der Waals surface area contributed by atoms with Crippen molar-refractivity contribution >= 4 is 17.9 Å². The van der Waals surface area contributed by atoms with Gasteiger partial charge in [0.25, 0.3) is 0 Å². The van der Waals surface area contributed by atoms with Crippen LogP contribution in [0.25, 0.3) is 0 Å². The number of aliphatic hydroxyl groups excluding tert-OH is 1. The van der Waals surface area contributed by atoms with Crippen LogP contribution in [0.2, 0.25) is 0 Å². The van der Waals surface area contributed by atoms with Crippen LogP contribution < -0.4 is 5.73 Å². The summed E-state index contributed by atoms with van der Waals surface area (Å²) < 4.78 is 20.1. The summed E-state index contributed by atoms with van der Waals surface area (Å²) in [6, 6.07) is 0. The van der Waals surface area contributed by atoms with Crippen molar-refractivity contribution in [2.24, 2.45) is 5.73 Å². The highest BCUT2D eigenvalue weighted by atomic mass is 16.7. The van der Waals surface area contributed by atoms with Crippen molar-refractivity contribution in [1.29, 1.82) is 0 Å². The normalized spacial score (nSPS) is 32.1. The van der Waals surface area contributed by atoms with Gasteiger partial charge in [-0.15, -0.1) is 0 Å². The first-order valence-electron chi connectivity index (χ1n) is 6.31. The Bertz CT molecular complexity index is 412. The van der Waals surface area contributed by atoms with Crippen molar-refractivity contribution in [1.82, 2.24) is 0 Å². The van der Waals surface area contributed by atoms with Gasteiger partial charge in [0, 0.05) is 27.3 Å². The van der Waals surface area contributed by atoms with Crippen LogP contribution in [0.5, 0.6) is 0 Å². The minimum absolute atomic E-state index is 0.0977. The molecule has 0 saturated carbocycles. The Hall–Kier alpha value is -1.71. The molecule has 9 nitrogen and oxygen atoms in total. The van der Waals surface area contributed by atoms with E-state index in [1.807, 2.05) is 0 Å². The molecule has 5 atom stereocenters. The van der Waals surface area contributed by atoms with Crippen molar-refractivity contribution in [3.8, 4) is 0 Å². The van der Waals surface area contributed by atoms with Crippen LogP contribution in [0.15, 0.2) is 0 Å². The van der Waals surface area contributed by atoms with Crippen LogP contribution in [0.3, 0.4) is 0 Å². The Morgan fingerprint density at radius 1 is 0.952 bits per heavy atom. The molecule has 1 aliphatic heterocycles. The lowest BCUT2D eigenvalue weighted by Gasteiger charge is -2.42. The summed E-state index contributed by atoms with van der Waals surface area (Å²) in [5.41, 5.74) is 5.50. The number of nitrogens with two attached hydrogens (primary N) is 1. The molecule has 1 aliphatic rings. The second-order valence-corrected chi connectivity index (χ2v) is 4.52. The molecule has 21 heavy (non-hydrogen) atoms. The fourth-order valence-electron chi connectivity index (χ4n) is 2.06. The fraction of sp³-hybridized carbons (Fsp3) is 0.750. The van der Waals surface area contributed by atoms with E-state index in [2.05, 4.69) is 0 Å². The minimum Gasteiger partial charge on any atom is -0.456 e. The summed E-state index contributed by atoms with van der Waals surface area (Å²) >= 11 is 0. The van der Waals surface area contributed by atoms with Crippen molar-refractivity contribution in [2.45, 2.75) is 51.5 Å². The molecule has 1 saturated heterocycles. The van der Waals surface area contributed by atoms with Crippen LogP contribution in [0, 0.1) is 0 Å². The molecule has 120 valence electrons. The maximum Gasteiger partial charge on any atom is 0.303 e. The lowest BCUT2D eigenvalue weighted by atomic mass is 9.98. The third-order valence-corrected chi connectivity index (χ3v) is 2.75. The minimum atomic E-state index is -1.56. The Balaban J connectivity index is 3.08. The maximum atomic E-state index is 11.2. The van der Waals surface area contributed by atoms with Crippen molar-refractivity contribution in [3.05, 3.63) is 0 Å². The number of carbonyl (C=O) groups excluding carboxylic acids is 3. The summed E-state index contributed by atoms with van der Waals surface area (Å²) in [7, 11) is 0. The first kappa shape index (κ1) is 17.3. The first-order valence-corrected chi connectivity index (χ1v) is 6.31. The number of hydrogen-bond donors (Lipinski definition) is 2. The van der Waals surface area contributed by atoms with Crippen molar-refractivity contribution < 1.29 is 38.4 Å². The van der Waals surface area contributed by atoms with Crippen LogP contribution in [0.1, 0.15) is 20.8 Å². The SMILES string of the molecule is CC(=O)O[C@H]1[C@H](OC(C)=O)[C@@H](OC(C)=O)C(O)O[C@@H]1CN. The van der Waals surface area contributed by atoms with E-state index in [0.717, 1.165) is 20.8 Å². The van der Waals surface area contributed by atoms with E-state index >= 15 is 0 Å². The fourth-order valence-corrected chi connectivity index (χ4v) is 2.06. The zero-order valence-corrected chi connectivity index (χ0v) is 12.0. The zero-order valence-electron chi connectivity index (χ0n) is 12.0. The van der Waals surface area contributed by atoms with E-state index in [1.165, 1.54) is 0 Å². The number of esters is 3. The number of rotatable bonds is 4. The molecule has 0 aliphatic carbocycles. The Kier molecular flexibility index (Phi) is 6.06. The molecule has 3 N–H and O–H groups in total. The molecule has 9 heteroatoms. The van der Waals surface area contributed by atoms with Gasteiger partial charge in [-0.2, -0.15) is 0 Å². The summed E-state index contributed by atoms with van der Waals surface area (Å²) in [6.07, 6.45) is -6.09. The molecule has 1 heterocycles. The molecule has 0 aromatic carbocycles. The third kappa shape index (κ3) is 4.66. The second kappa shape index (κ2) is 7.34. The first-order chi connectivity index (χ1) is 9.76. The molecule has 0 aromatic heterocycles. The van der Waals surface area contributed by atoms with E-state index in [1.54, 1.807) is 0 Å². The smallest absolute Gasteiger partial charge is 0.303 e. The van der Waals surface area contributed by atoms with Crippen LogP contribution >= 0.6 is 0 Å². The summed E-state index contributed by atoms with van der Waals surface area (Å²) in [5.74, 6) is -2.07. The number of carbonyl (C=O) groups is 3. The van der Waals surface area contributed by atoms with Gasteiger partial charge in [0.2, 0.25) is 0 Å². The van der Waals surface area contributed by atoms with Crippen LogP contribution in [-0.2, 0) is 33.3 Å². The largest absolute Gasteiger partial charge is 0.456 e. The molecule has 1 unspecified atom stereocenters. The molecule has 0 aromatic rings. The quantitative estimate of drug-likeness (QED) is 0.468. The number of hydrogen-bond acceptors (Lipinski definition) is 9. The highest BCUT2D eigenvalue weighted by molar-refractivity contribution is 5.68. The average molecular weight is 305 g/mol. The number of aliphatic hydroxyl groups is 1. The maximum absolute atomic E-state index is 11.2. The molecule has 0 spiro atoms. The van der Waals surface area contributed by atoms with E-state index in [9.17, 15) is 19.5 Å². The van der Waals surface area contributed by atoms with E-state index in [-0.39, 0.29) is 6.54 Å². The van der Waals surface area contributed by atoms with Gasteiger partial charge in [-0.25, -0.2) is 0 Å². The third-order valence-electron chi connectivity index (χ3n) is 2.75. The van der Waals surface area contributed by atoms with Crippen molar-refractivity contribution in [2.75, 3.05) is 6.54 Å². The molecule has 0 amide bonds. The van der Waals surface area contributed by atoms with Gasteiger partial charge in [-0.3, -0.25) is 14.4 Å². The molecule has 0 bridgehead atoms. The summed E-state index contributed by atoms with van der Waals surface area (Å²) in [4.78, 5) is 33.5. The van der Waals surface area contributed by atoms with Gasteiger partial charge in [0.15, 0.2) is 24.6 Å². The molecule has 1 fully saturated rings. The monoisotopic (exact) mass is 305 g/mol. The standard InChI is InChI=1S/C12H19NO8/c1-5(14)18-9-8(4-13)21-12(17)11(20-7(3)16)10(9)19-6(2)15/h8-12,17H,4,13H2,1-3H3/t8-,9-,10+,11-,12?/m1/s1. The highest BCUT2D eigenvalue weighted by Gasteiger charge is 2.50. The Morgan fingerprint density at radius 2 is 1.38 bits per heavy atom. The second-order valence-electron chi connectivity index (χ2n) is 4.52. The molecular weight excluding hydrogens is 286 g/mol. The molecular formula is C12H19NO8. The van der Waals surface area contributed by atoms with Gasteiger partial charge in [-0.05, 0) is 0 Å². The number of ether oxygens (including phenoxy) is 4. The predicted molar refractivity (Wildman–Crippen MR) is 66.6 cm³/mol. The van der Waals surface area contributed by atoms with Gasteiger partial charge in [0.05, 0.1) is 0 Å². The lowest BCUT2D eigenvalue weighted by molar-refractivity contribution is -0.289. The van der Waals surface area contributed by atoms with Crippen LogP contribution in [0.4, 0.5) is 0 Å². The Morgan fingerprint density at radius 3 is 1.81 bits per heavy atom. The molecule has 1 rings (SSSR count). The van der Waals surface area contributed by atoms with Crippen LogP contribution in [-0.4, -0.2) is 60.3 Å². The predicted octanol–water partition coefficient (Wildman–Crippen LogP) is -1.54. The van der Waals surface area contributed by atoms with Gasteiger partial charge >= 0.3 is 17.9 Å². The summed E-state index contributed by atoms with van der Waals surface area (Å²) in [5, 5.41) is 9.87. The topological polar surface area (TPSA) is 134 Å². The molecule has 0 radical (unpaired) electrons. The van der Waals surface area contributed by atoms with E-state index in [4.69, 9.17) is 24.7 Å². The lowest BCUT2D eigenvalue weighted by Crippen LogP contribution is -2.62. The van der Waals surface area contributed by atoms with Gasteiger partial charge in [-0.1, -0.05) is 0 Å². The van der Waals surface area contributed by atoms with E-state index < -0.39 is 48.6 Å². The van der Waals surface area contributed by atoms with Gasteiger partial charge in [0.1, 0.15) is 6.10 Å². The van der Waals surface area contributed by atoms with E-state index in [0.29, 0.717) is 0 Å². The van der Waals surface area contributed by atoms with Crippen molar-refractivity contribution in [3.63, 3.8) is 0 Å². The Labute approximate surface area is 121 Å². The summed E-state index contributed by atoms with van der Waals surface area (Å²) in [6.45, 7) is 3.31. The zero-order chi connectivity index (χ0) is 16.2. The average Bonchev–Trinajstić information content (AvgIpc) is 2.35.